The number of rotatable bonds is 6. The maximum Gasteiger partial charge on any atom is 0.127 e. The van der Waals surface area contributed by atoms with Gasteiger partial charge in [-0.1, -0.05) is 32.0 Å². The number of benzene rings is 1. The third-order valence-corrected chi connectivity index (χ3v) is 4.48. The predicted octanol–water partition coefficient (Wildman–Crippen LogP) is 3.04. The minimum absolute atomic E-state index is 0.109. The Kier molecular flexibility index (Phi) is 4.40. The second kappa shape index (κ2) is 5.74. The molecule has 2 N–H and O–H groups in total. The van der Waals surface area contributed by atoms with Gasteiger partial charge in [-0.3, -0.25) is 0 Å². The highest BCUT2D eigenvalue weighted by atomic mass is 16.5. The van der Waals surface area contributed by atoms with E-state index in [0.29, 0.717) is 0 Å². The van der Waals surface area contributed by atoms with Gasteiger partial charge in [0.15, 0.2) is 0 Å². The Labute approximate surface area is 122 Å². The summed E-state index contributed by atoms with van der Waals surface area (Å²) in [6, 6.07) is 6.35. The van der Waals surface area contributed by atoms with Gasteiger partial charge in [-0.05, 0) is 32.3 Å². The molecular formula is C17H27NO2. The standard InChI is InChI=1S/C17H27NO2/c1-5-17(6-2,12-19)18-11-14-9-7-8-13-10-16(3,4)20-15(13)14/h7-9,18-19H,5-6,10-12H2,1-4H3. The SMILES string of the molecule is CCC(CC)(CO)NCc1cccc2c1OC(C)(C)C2. The molecule has 0 fully saturated rings. The molecule has 0 aliphatic carbocycles. The molecule has 1 aromatic carbocycles. The first-order chi connectivity index (χ1) is 9.45. The van der Waals surface area contributed by atoms with Gasteiger partial charge >= 0.3 is 0 Å². The van der Waals surface area contributed by atoms with Crippen LogP contribution in [0, 0.1) is 0 Å². The summed E-state index contributed by atoms with van der Waals surface area (Å²) in [6.07, 6.45) is 2.80. The van der Waals surface area contributed by atoms with Crippen LogP contribution in [0.2, 0.25) is 0 Å². The highest BCUT2D eigenvalue weighted by Gasteiger charge is 2.32. The summed E-state index contributed by atoms with van der Waals surface area (Å²) in [6.45, 7) is 9.38. The fraction of sp³-hybridized carbons (Fsp3) is 0.647. The van der Waals surface area contributed by atoms with Gasteiger partial charge in [-0.2, -0.15) is 0 Å². The Morgan fingerprint density at radius 2 is 2.00 bits per heavy atom. The highest BCUT2D eigenvalue weighted by Crippen LogP contribution is 2.37. The third kappa shape index (κ3) is 2.99. The Balaban J connectivity index is 2.15. The molecule has 1 aliphatic rings. The summed E-state index contributed by atoms with van der Waals surface area (Å²) in [5.41, 5.74) is 2.18. The molecule has 0 aromatic heterocycles. The number of para-hydroxylation sites is 1. The fourth-order valence-electron chi connectivity index (χ4n) is 2.88. The highest BCUT2D eigenvalue weighted by molar-refractivity contribution is 5.45. The lowest BCUT2D eigenvalue weighted by molar-refractivity contribution is 0.133. The number of hydrogen-bond donors (Lipinski definition) is 2. The molecule has 0 spiro atoms. The van der Waals surface area contributed by atoms with E-state index in [4.69, 9.17) is 4.74 Å². The van der Waals surface area contributed by atoms with Gasteiger partial charge in [-0.25, -0.2) is 0 Å². The molecular weight excluding hydrogens is 250 g/mol. The van der Waals surface area contributed by atoms with Crippen LogP contribution in [-0.2, 0) is 13.0 Å². The first-order valence-corrected chi connectivity index (χ1v) is 7.61. The summed E-state index contributed by atoms with van der Waals surface area (Å²) < 4.78 is 6.09. The molecule has 0 radical (unpaired) electrons. The first kappa shape index (κ1) is 15.3. The van der Waals surface area contributed by atoms with Crippen molar-refractivity contribution in [2.45, 2.75) is 64.6 Å². The molecule has 0 atom stereocenters. The van der Waals surface area contributed by atoms with Crippen LogP contribution in [0.15, 0.2) is 18.2 Å². The summed E-state index contributed by atoms with van der Waals surface area (Å²) in [7, 11) is 0. The van der Waals surface area contributed by atoms with Crippen LogP contribution >= 0.6 is 0 Å². The van der Waals surface area contributed by atoms with Gasteiger partial charge in [-0.15, -0.1) is 0 Å². The van der Waals surface area contributed by atoms with Crippen molar-refractivity contribution >= 4 is 0 Å². The van der Waals surface area contributed by atoms with Crippen LogP contribution in [0.4, 0.5) is 0 Å². The first-order valence-electron chi connectivity index (χ1n) is 7.61. The van der Waals surface area contributed by atoms with Gasteiger partial charge in [0.2, 0.25) is 0 Å². The Bertz CT molecular complexity index is 456. The molecule has 2 rings (SSSR count). The van der Waals surface area contributed by atoms with Crippen molar-refractivity contribution in [3.05, 3.63) is 29.3 Å². The Morgan fingerprint density at radius 1 is 1.30 bits per heavy atom. The van der Waals surface area contributed by atoms with Crippen LogP contribution in [0.25, 0.3) is 0 Å². The van der Waals surface area contributed by atoms with Gasteiger partial charge < -0.3 is 15.2 Å². The van der Waals surface area contributed by atoms with E-state index in [1.54, 1.807) is 0 Å². The lowest BCUT2D eigenvalue weighted by Crippen LogP contribution is -2.47. The van der Waals surface area contributed by atoms with E-state index >= 15 is 0 Å². The second-order valence-electron chi connectivity index (χ2n) is 6.44. The number of ether oxygens (including phenoxy) is 1. The van der Waals surface area contributed by atoms with Crippen molar-refractivity contribution in [2.75, 3.05) is 6.61 Å². The second-order valence-corrected chi connectivity index (χ2v) is 6.44. The lowest BCUT2D eigenvalue weighted by Gasteiger charge is -2.31. The van der Waals surface area contributed by atoms with Crippen molar-refractivity contribution in [1.82, 2.24) is 5.32 Å². The molecule has 0 saturated heterocycles. The normalized spacial score (nSPS) is 16.9. The van der Waals surface area contributed by atoms with Crippen LogP contribution in [-0.4, -0.2) is 22.9 Å². The molecule has 1 aromatic rings. The molecule has 112 valence electrons. The zero-order chi connectivity index (χ0) is 14.8. The summed E-state index contributed by atoms with van der Waals surface area (Å²) in [5.74, 6) is 1.03. The van der Waals surface area contributed by atoms with Gasteiger partial charge in [0, 0.05) is 24.1 Å². The minimum Gasteiger partial charge on any atom is -0.487 e. The Hall–Kier alpha value is -1.06. The van der Waals surface area contributed by atoms with Crippen LogP contribution < -0.4 is 10.1 Å². The zero-order valence-corrected chi connectivity index (χ0v) is 13.1. The number of nitrogens with one attached hydrogen (secondary N) is 1. The van der Waals surface area contributed by atoms with Crippen LogP contribution in [0.5, 0.6) is 5.75 Å². The molecule has 1 heterocycles. The summed E-state index contributed by atoms with van der Waals surface area (Å²) in [5, 5.41) is 13.2. The maximum atomic E-state index is 9.64. The van der Waals surface area contributed by atoms with Gasteiger partial charge in [0.1, 0.15) is 11.4 Å². The molecule has 0 unspecified atom stereocenters. The fourth-order valence-corrected chi connectivity index (χ4v) is 2.88. The van der Waals surface area contributed by atoms with Crippen molar-refractivity contribution in [2.24, 2.45) is 0 Å². The number of fused-ring (bicyclic) bond motifs is 1. The zero-order valence-electron chi connectivity index (χ0n) is 13.1. The Morgan fingerprint density at radius 3 is 2.60 bits per heavy atom. The molecule has 3 nitrogen and oxygen atoms in total. The maximum absolute atomic E-state index is 9.64. The summed E-state index contributed by atoms with van der Waals surface area (Å²) >= 11 is 0. The van der Waals surface area contributed by atoms with Crippen molar-refractivity contribution < 1.29 is 9.84 Å². The smallest absolute Gasteiger partial charge is 0.127 e. The minimum atomic E-state index is -0.184. The summed E-state index contributed by atoms with van der Waals surface area (Å²) in [4.78, 5) is 0. The van der Waals surface area contributed by atoms with Crippen LogP contribution in [0.3, 0.4) is 0 Å². The van der Waals surface area contributed by atoms with Crippen molar-refractivity contribution in [1.29, 1.82) is 0 Å². The van der Waals surface area contributed by atoms with E-state index in [2.05, 4.69) is 51.2 Å². The number of aliphatic hydroxyl groups excluding tert-OH is 1. The average molecular weight is 277 g/mol. The van der Waals surface area contributed by atoms with Gasteiger partial charge in [0.05, 0.1) is 6.61 Å². The van der Waals surface area contributed by atoms with E-state index in [1.807, 2.05) is 0 Å². The van der Waals surface area contributed by atoms with Crippen molar-refractivity contribution in [3.63, 3.8) is 0 Å². The van der Waals surface area contributed by atoms with Gasteiger partial charge in [0.25, 0.3) is 0 Å². The lowest BCUT2D eigenvalue weighted by atomic mass is 9.93. The van der Waals surface area contributed by atoms with E-state index in [9.17, 15) is 5.11 Å². The monoisotopic (exact) mass is 277 g/mol. The third-order valence-electron chi connectivity index (χ3n) is 4.48. The molecule has 0 saturated carbocycles. The molecule has 20 heavy (non-hydrogen) atoms. The molecule has 0 bridgehead atoms. The topological polar surface area (TPSA) is 41.5 Å². The van der Waals surface area contributed by atoms with E-state index in [-0.39, 0.29) is 17.7 Å². The van der Waals surface area contributed by atoms with Crippen molar-refractivity contribution in [3.8, 4) is 5.75 Å². The molecule has 0 amide bonds. The quantitative estimate of drug-likeness (QED) is 0.840. The molecule has 1 aliphatic heterocycles. The molecule has 3 heteroatoms. The van der Waals surface area contributed by atoms with E-state index in [1.165, 1.54) is 11.1 Å². The number of aliphatic hydroxyl groups is 1. The van der Waals surface area contributed by atoms with Crippen LogP contribution in [0.1, 0.15) is 51.7 Å². The predicted molar refractivity (Wildman–Crippen MR) is 82.1 cm³/mol. The largest absolute Gasteiger partial charge is 0.487 e. The van der Waals surface area contributed by atoms with E-state index in [0.717, 1.165) is 31.6 Å². The average Bonchev–Trinajstić information content (AvgIpc) is 2.75. The van der Waals surface area contributed by atoms with E-state index < -0.39 is 0 Å². The number of hydrogen-bond acceptors (Lipinski definition) is 3.